The van der Waals surface area contributed by atoms with Crippen molar-refractivity contribution in [3.63, 3.8) is 0 Å². The molecule has 10 heteroatoms. The average molecular weight is 528 g/mol. The van der Waals surface area contributed by atoms with Gasteiger partial charge in [-0.2, -0.15) is 0 Å². The lowest BCUT2D eigenvalue weighted by Crippen LogP contribution is -2.53. The van der Waals surface area contributed by atoms with Crippen molar-refractivity contribution in [3.8, 4) is 0 Å². The number of likely N-dealkylation sites (tertiary alicyclic amines) is 2. The monoisotopic (exact) mass is 527 g/mol. The number of rotatable bonds is 10. The number of carbonyl (C=O) groups is 5. The number of nitrogens with two attached hydrogens (primary N) is 1. The van der Waals surface area contributed by atoms with Gasteiger partial charge in [0.15, 0.2) is 5.78 Å². The van der Waals surface area contributed by atoms with Crippen molar-refractivity contribution in [3.05, 3.63) is 29.8 Å². The second kappa shape index (κ2) is 12.4. The summed E-state index contributed by atoms with van der Waals surface area (Å²) in [4.78, 5) is 68.0. The molecule has 2 heterocycles. The largest absolute Gasteiger partial charge is 0.399 e. The maximum absolute atomic E-state index is 13.7. The molecule has 0 bridgehead atoms. The van der Waals surface area contributed by atoms with Crippen molar-refractivity contribution < 1.29 is 24.0 Å². The van der Waals surface area contributed by atoms with Gasteiger partial charge in [-0.25, -0.2) is 0 Å². The number of ketones is 1. The van der Waals surface area contributed by atoms with Crippen LogP contribution in [0.2, 0.25) is 0 Å². The zero-order chi connectivity index (χ0) is 28.1. The van der Waals surface area contributed by atoms with E-state index in [-0.39, 0.29) is 36.0 Å². The van der Waals surface area contributed by atoms with Gasteiger partial charge in [0.1, 0.15) is 18.1 Å². The molecule has 4 N–H and O–H groups in total. The van der Waals surface area contributed by atoms with Gasteiger partial charge in [0.25, 0.3) is 5.91 Å². The van der Waals surface area contributed by atoms with Gasteiger partial charge in [-0.1, -0.05) is 27.7 Å². The fourth-order valence-electron chi connectivity index (χ4n) is 5.33. The molecule has 2 aliphatic heterocycles. The summed E-state index contributed by atoms with van der Waals surface area (Å²) >= 11 is 0. The van der Waals surface area contributed by atoms with Crippen molar-refractivity contribution in [1.82, 2.24) is 20.4 Å². The van der Waals surface area contributed by atoms with Crippen LogP contribution < -0.4 is 16.4 Å². The van der Waals surface area contributed by atoms with Crippen molar-refractivity contribution >= 4 is 35.1 Å². The van der Waals surface area contributed by atoms with Gasteiger partial charge >= 0.3 is 0 Å². The highest BCUT2D eigenvalue weighted by Crippen LogP contribution is 2.31. The highest BCUT2D eigenvalue weighted by atomic mass is 16.2. The molecule has 208 valence electrons. The van der Waals surface area contributed by atoms with Crippen molar-refractivity contribution in [2.75, 3.05) is 18.8 Å². The molecule has 0 radical (unpaired) electrons. The quantitative estimate of drug-likeness (QED) is 0.396. The Labute approximate surface area is 224 Å². The van der Waals surface area contributed by atoms with E-state index >= 15 is 0 Å². The molecular weight excluding hydrogens is 486 g/mol. The van der Waals surface area contributed by atoms with Gasteiger partial charge in [-0.15, -0.1) is 0 Å². The van der Waals surface area contributed by atoms with Crippen LogP contribution in [0, 0.1) is 11.8 Å². The summed E-state index contributed by atoms with van der Waals surface area (Å²) in [6, 6.07) is 3.73. The van der Waals surface area contributed by atoms with Crippen LogP contribution in [0.3, 0.4) is 0 Å². The Balaban J connectivity index is 1.76. The van der Waals surface area contributed by atoms with E-state index in [2.05, 4.69) is 10.6 Å². The van der Waals surface area contributed by atoms with Crippen LogP contribution in [0.4, 0.5) is 5.69 Å². The Hall–Kier alpha value is -3.43. The Morgan fingerprint density at radius 1 is 0.921 bits per heavy atom. The minimum Gasteiger partial charge on any atom is -0.399 e. The summed E-state index contributed by atoms with van der Waals surface area (Å²) in [5.41, 5.74) is 6.64. The number of anilines is 1. The van der Waals surface area contributed by atoms with E-state index in [1.807, 2.05) is 27.7 Å². The maximum Gasteiger partial charge on any atom is 0.251 e. The van der Waals surface area contributed by atoms with Crippen molar-refractivity contribution in [2.45, 2.75) is 84.5 Å². The first-order chi connectivity index (χ1) is 17.9. The number of amides is 4. The van der Waals surface area contributed by atoms with Gasteiger partial charge in [-0.3, -0.25) is 24.0 Å². The number of fused-ring (bicyclic) bond motifs is 1. The number of nitrogens with zero attached hydrogens (tertiary/aromatic N) is 2. The van der Waals surface area contributed by atoms with E-state index in [1.54, 1.807) is 24.3 Å². The third kappa shape index (κ3) is 6.90. The number of nitrogens with one attached hydrogen (secondary N) is 2. The second-order valence-electron chi connectivity index (χ2n) is 11.3. The first kappa shape index (κ1) is 29.1. The molecule has 0 aromatic heterocycles. The SMILES string of the molecule is CC(=O)NC(CCC(C)C)C(=O)N1CC(=O)C2C1CCN2C(=O)C(CC(C)C)NC(=O)c1ccc(N)cc1. The summed E-state index contributed by atoms with van der Waals surface area (Å²) in [6.07, 6.45) is 2.10. The molecule has 4 amide bonds. The standard InChI is InChI=1S/C28H41N5O5/c1-16(2)6-11-21(30-18(5)34)27(37)33-15-24(35)25-23(33)12-13-32(25)28(38)22(14-17(3)4)31-26(36)19-7-9-20(29)10-8-19/h7-10,16-17,21-23,25H,6,11-15,29H2,1-5H3,(H,30,34)(H,31,36). The van der Waals surface area contributed by atoms with E-state index in [9.17, 15) is 24.0 Å². The molecule has 0 saturated carbocycles. The first-order valence-electron chi connectivity index (χ1n) is 13.5. The smallest absolute Gasteiger partial charge is 0.251 e. The molecule has 2 aliphatic rings. The zero-order valence-electron chi connectivity index (χ0n) is 23.0. The molecule has 0 aliphatic carbocycles. The number of benzene rings is 1. The van der Waals surface area contributed by atoms with E-state index < -0.39 is 30.1 Å². The summed E-state index contributed by atoms with van der Waals surface area (Å²) in [5.74, 6) is -1.03. The molecule has 3 rings (SSSR count). The zero-order valence-corrected chi connectivity index (χ0v) is 23.0. The summed E-state index contributed by atoms with van der Waals surface area (Å²) in [7, 11) is 0. The third-order valence-corrected chi connectivity index (χ3v) is 7.18. The van der Waals surface area contributed by atoms with Gasteiger partial charge in [-0.05, 0) is 61.8 Å². The number of carbonyl (C=O) groups excluding carboxylic acids is 5. The van der Waals surface area contributed by atoms with Crippen molar-refractivity contribution in [2.24, 2.45) is 11.8 Å². The number of hydrogen-bond donors (Lipinski definition) is 3. The fourth-order valence-corrected chi connectivity index (χ4v) is 5.33. The normalized spacial score (nSPS) is 20.4. The Kier molecular flexibility index (Phi) is 9.51. The summed E-state index contributed by atoms with van der Waals surface area (Å²) in [5, 5.41) is 5.59. The lowest BCUT2D eigenvalue weighted by atomic mass is 10.0. The van der Waals surface area contributed by atoms with Crippen LogP contribution in [0.1, 0.15) is 70.7 Å². The molecule has 38 heavy (non-hydrogen) atoms. The Morgan fingerprint density at radius 2 is 1.55 bits per heavy atom. The molecule has 10 nitrogen and oxygen atoms in total. The molecule has 1 aromatic carbocycles. The fraction of sp³-hybridized carbons (Fsp3) is 0.607. The van der Waals surface area contributed by atoms with Gasteiger partial charge in [0.05, 0.1) is 12.6 Å². The van der Waals surface area contributed by atoms with E-state index in [1.165, 1.54) is 16.7 Å². The number of Topliss-reactive ketones (excluding diaryl/α,β-unsaturated/α-hetero) is 1. The first-order valence-corrected chi connectivity index (χ1v) is 13.5. The summed E-state index contributed by atoms with van der Waals surface area (Å²) < 4.78 is 0. The maximum atomic E-state index is 13.7. The number of hydrogen-bond acceptors (Lipinski definition) is 6. The molecule has 2 saturated heterocycles. The lowest BCUT2D eigenvalue weighted by molar-refractivity contribution is -0.138. The molecule has 0 spiro atoms. The van der Waals surface area contributed by atoms with E-state index in [4.69, 9.17) is 5.73 Å². The minimum atomic E-state index is -0.811. The van der Waals surface area contributed by atoms with E-state index in [0.29, 0.717) is 43.0 Å². The topological polar surface area (TPSA) is 142 Å². The van der Waals surface area contributed by atoms with Crippen LogP contribution in [0.25, 0.3) is 0 Å². The van der Waals surface area contributed by atoms with Gasteiger partial charge < -0.3 is 26.2 Å². The average Bonchev–Trinajstić information content (AvgIpc) is 3.41. The molecule has 1 aromatic rings. The minimum absolute atomic E-state index is 0.0949. The second-order valence-corrected chi connectivity index (χ2v) is 11.3. The van der Waals surface area contributed by atoms with Crippen LogP contribution in [0.15, 0.2) is 24.3 Å². The van der Waals surface area contributed by atoms with Gasteiger partial charge in [0.2, 0.25) is 17.7 Å². The lowest BCUT2D eigenvalue weighted by Gasteiger charge is -2.30. The van der Waals surface area contributed by atoms with Gasteiger partial charge in [0, 0.05) is 24.7 Å². The van der Waals surface area contributed by atoms with Crippen LogP contribution >= 0.6 is 0 Å². The van der Waals surface area contributed by atoms with Crippen molar-refractivity contribution in [1.29, 1.82) is 0 Å². The number of nitrogen functional groups attached to an aromatic ring is 1. The molecule has 4 atom stereocenters. The molecule has 2 fully saturated rings. The predicted octanol–water partition coefficient (Wildman–Crippen LogP) is 1.74. The molecular formula is C28H41N5O5. The van der Waals surface area contributed by atoms with Crippen LogP contribution in [-0.2, 0) is 19.2 Å². The predicted molar refractivity (Wildman–Crippen MR) is 144 cm³/mol. The van der Waals surface area contributed by atoms with E-state index in [0.717, 1.165) is 6.42 Å². The third-order valence-electron chi connectivity index (χ3n) is 7.18. The summed E-state index contributed by atoms with van der Waals surface area (Å²) in [6.45, 7) is 9.60. The Morgan fingerprint density at radius 3 is 2.13 bits per heavy atom. The molecule has 4 unspecified atom stereocenters. The van der Waals surface area contributed by atoms with Crippen LogP contribution in [-0.4, -0.2) is 76.5 Å². The highest BCUT2D eigenvalue weighted by Gasteiger charge is 2.53. The Bertz CT molecular complexity index is 1050. The van der Waals surface area contributed by atoms with Crippen LogP contribution in [0.5, 0.6) is 0 Å². The highest BCUT2D eigenvalue weighted by molar-refractivity contribution is 6.01.